The lowest BCUT2D eigenvalue weighted by Gasteiger charge is -2.17. The van der Waals surface area contributed by atoms with Crippen LogP contribution in [-0.4, -0.2) is 33.4 Å². The lowest BCUT2D eigenvalue weighted by atomic mass is 9.90. The fourth-order valence-electron chi connectivity index (χ4n) is 3.24. The molecule has 0 fully saturated rings. The van der Waals surface area contributed by atoms with Gasteiger partial charge in [-0.05, 0) is 11.1 Å². The van der Waals surface area contributed by atoms with Gasteiger partial charge in [0.1, 0.15) is 0 Å². The number of H-pyrrole nitrogens is 1. The average molecular weight is 415 g/mol. The fraction of sp³-hybridized carbons (Fsp3) is 0.125. The number of nitrogens with one attached hydrogen (secondary N) is 2. The molecular weight excluding hydrogens is 392 g/mol. The molecule has 150 valence electrons. The molecule has 5 nitrogen and oxygen atoms in total. The van der Waals surface area contributed by atoms with Crippen molar-refractivity contribution in [2.24, 2.45) is 0 Å². The molecule has 0 saturated heterocycles. The van der Waals surface area contributed by atoms with Crippen LogP contribution in [0.15, 0.2) is 96.2 Å². The van der Waals surface area contributed by atoms with E-state index in [1.54, 1.807) is 0 Å². The van der Waals surface area contributed by atoms with Crippen LogP contribution >= 0.6 is 11.8 Å². The Morgan fingerprint density at radius 1 is 0.867 bits per heavy atom. The predicted molar refractivity (Wildman–Crippen MR) is 120 cm³/mol. The van der Waals surface area contributed by atoms with Crippen molar-refractivity contribution in [2.45, 2.75) is 11.1 Å². The number of hydrogen-bond acceptors (Lipinski definition) is 4. The minimum Gasteiger partial charge on any atom is -0.354 e. The van der Waals surface area contributed by atoms with Gasteiger partial charge in [0.2, 0.25) is 11.1 Å². The Hall–Kier alpha value is -3.38. The number of rotatable bonds is 8. The molecule has 4 aromatic rings. The van der Waals surface area contributed by atoms with Crippen molar-refractivity contribution < 1.29 is 4.79 Å². The molecule has 1 heterocycles. The second-order valence-corrected chi connectivity index (χ2v) is 7.79. The first-order valence-corrected chi connectivity index (χ1v) is 10.8. The number of carbonyl (C=O) groups excluding carboxylic acids is 1. The third kappa shape index (κ3) is 4.96. The summed E-state index contributed by atoms with van der Waals surface area (Å²) in [5.74, 6) is 1.10. The van der Waals surface area contributed by atoms with Crippen molar-refractivity contribution in [3.8, 4) is 11.4 Å². The molecule has 3 aromatic carbocycles. The molecule has 1 amide bonds. The monoisotopic (exact) mass is 414 g/mol. The summed E-state index contributed by atoms with van der Waals surface area (Å²) in [6.07, 6.45) is 0. The maximum absolute atomic E-state index is 13.0. The summed E-state index contributed by atoms with van der Waals surface area (Å²) in [6, 6.07) is 29.6. The summed E-state index contributed by atoms with van der Waals surface area (Å²) in [5.41, 5.74) is 2.96. The molecule has 1 aromatic heterocycles. The highest BCUT2D eigenvalue weighted by Gasteiger charge is 2.22. The van der Waals surface area contributed by atoms with Gasteiger partial charge in [-0.1, -0.05) is 103 Å². The maximum Gasteiger partial charge on any atom is 0.232 e. The number of hydrogen-bond donors (Lipinski definition) is 2. The average Bonchev–Trinajstić information content (AvgIpc) is 3.28. The van der Waals surface area contributed by atoms with Crippen molar-refractivity contribution in [2.75, 3.05) is 12.3 Å². The molecule has 30 heavy (non-hydrogen) atoms. The van der Waals surface area contributed by atoms with Crippen LogP contribution in [-0.2, 0) is 4.79 Å². The quantitative estimate of drug-likeness (QED) is 0.329. The van der Waals surface area contributed by atoms with E-state index in [0.29, 0.717) is 17.5 Å². The molecular formula is C24H22N4OS. The lowest BCUT2D eigenvalue weighted by molar-refractivity contribution is -0.121. The van der Waals surface area contributed by atoms with Crippen molar-refractivity contribution in [1.82, 2.24) is 20.5 Å². The predicted octanol–water partition coefficient (Wildman–Crippen LogP) is 4.51. The topological polar surface area (TPSA) is 70.7 Å². The van der Waals surface area contributed by atoms with Gasteiger partial charge in [0, 0.05) is 17.9 Å². The van der Waals surface area contributed by atoms with Crippen LogP contribution in [0.5, 0.6) is 0 Å². The molecule has 0 saturated carbocycles. The van der Waals surface area contributed by atoms with E-state index < -0.39 is 0 Å². The van der Waals surface area contributed by atoms with Crippen LogP contribution in [0.3, 0.4) is 0 Å². The SMILES string of the molecule is O=C(NCCSc1n[nH]c(-c2ccccc2)n1)C(c1ccccc1)c1ccccc1. The molecule has 0 bridgehead atoms. The Bertz CT molecular complexity index is 1030. The van der Waals surface area contributed by atoms with E-state index >= 15 is 0 Å². The van der Waals surface area contributed by atoms with Crippen molar-refractivity contribution in [3.63, 3.8) is 0 Å². The smallest absolute Gasteiger partial charge is 0.232 e. The van der Waals surface area contributed by atoms with Gasteiger partial charge in [0.25, 0.3) is 0 Å². The fourth-order valence-corrected chi connectivity index (χ4v) is 3.89. The Balaban J connectivity index is 1.35. The third-order valence-electron chi connectivity index (χ3n) is 4.67. The van der Waals surface area contributed by atoms with Gasteiger partial charge in [-0.2, -0.15) is 0 Å². The summed E-state index contributed by atoms with van der Waals surface area (Å²) in [4.78, 5) is 17.5. The number of amides is 1. The summed E-state index contributed by atoms with van der Waals surface area (Å²) in [7, 11) is 0. The molecule has 4 rings (SSSR count). The number of nitrogens with zero attached hydrogens (tertiary/aromatic N) is 2. The Labute approximate surface area is 180 Å². The molecule has 0 aliphatic carbocycles. The van der Waals surface area contributed by atoms with Crippen LogP contribution in [0, 0.1) is 0 Å². The molecule has 0 spiro atoms. The summed E-state index contributed by atoms with van der Waals surface area (Å²) < 4.78 is 0. The Kier molecular flexibility index (Phi) is 6.57. The van der Waals surface area contributed by atoms with Crippen LogP contribution in [0.2, 0.25) is 0 Å². The molecule has 0 unspecified atom stereocenters. The molecule has 0 radical (unpaired) electrons. The summed E-state index contributed by atoms with van der Waals surface area (Å²) >= 11 is 1.51. The first-order chi connectivity index (χ1) is 14.8. The van der Waals surface area contributed by atoms with Gasteiger partial charge < -0.3 is 5.32 Å². The second-order valence-electron chi connectivity index (χ2n) is 6.73. The third-order valence-corrected chi connectivity index (χ3v) is 5.52. The normalized spacial score (nSPS) is 10.8. The Morgan fingerprint density at radius 2 is 1.43 bits per heavy atom. The van der Waals surface area contributed by atoms with E-state index in [1.807, 2.05) is 91.0 Å². The van der Waals surface area contributed by atoms with Gasteiger partial charge in [0.15, 0.2) is 5.82 Å². The summed E-state index contributed by atoms with van der Waals surface area (Å²) in [5, 5.41) is 11.0. The van der Waals surface area contributed by atoms with E-state index in [2.05, 4.69) is 20.5 Å². The zero-order chi connectivity index (χ0) is 20.6. The highest BCUT2D eigenvalue weighted by molar-refractivity contribution is 7.99. The molecule has 0 aliphatic rings. The van der Waals surface area contributed by atoms with E-state index in [1.165, 1.54) is 11.8 Å². The minimum atomic E-state index is -0.328. The van der Waals surface area contributed by atoms with E-state index in [9.17, 15) is 4.79 Å². The second kappa shape index (κ2) is 9.89. The van der Waals surface area contributed by atoms with Crippen LogP contribution < -0.4 is 5.32 Å². The zero-order valence-corrected chi connectivity index (χ0v) is 17.2. The maximum atomic E-state index is 13.0. The number of aromatic amines is 1. The standard InChI is InChI=1S/C24H22N4OS/c29-23(21(18-10-4-1-5-11-18)19-12-6-2-7-13-19)25-16-17-30-24-26-22(27-28-24)20-14-8-3-9-15-20/h1-15,21H,16-17H2,(H,25,29)(H,26,27,28). The van der Waals surface area contributed by atoms with Gasteiger partial charge >= 0.3 is 0 Å². The summed E-state index contributed by atoms with van der Waals surface area (Å²) in [6.45, 7) is 0.537. The Morgan fingerprint density at radius 3 is 2.03 bits per heavy atom. The van der Waals surface area contributed by atoms with Crippen LogP contribution in [0.4, 0.5) is 0 Å². The number of benzene rings is 3. The van der Waals surface area contributed by atoms with Crippen molar-refractivity contribution >= 4 is 17.7 Å². The lowest BCUT2D eigenvalue weighted by Crippen LogP contribution is -2.31. The van der Waals surface area contributed by atoms with Gasteiger partial charge in [-0.3, -0.25) is 9.89 Å². The van der Waals surface area contributed by atoms with Crippen molar-refractivity contribution in [3.05, 3.63) is 102 Å². The van der Waals surface area contributed by atoms with Gasteiger partial charge in [-0.25, -0.2) is 4.98 Å². The number of carbonyl (C=O) groups is 1. The first-order valence-electron chi connectivity index (χ1n) is 9.79. The van der Waals surface area contributed by atoms with Crippen LogP contribution in [0.1, 0.15) is 17.0 Å². The van der Waals surface area contributed by atoms with E-state index in [-0.39, 0.29) is 11.8 Å². The highest BCUT2D eigenvalue weighted by atomic mass is 32.2. The largest absolute Gasteiger partial charge is 0.354 e. The van der Waals surface area contributed by atoms with Gasteiger partial charge in [-0.15, -0.1) is 5.10 Å². The first kappa shape index (κ1) is 19.9. The highest BCUT2D eigenvalue weighted by Crippen LogP contribution is 2.25. The molecule has 0 atom stereocenters. The number of thioether (sulfide) groups is 1. The zero-order valence-electron chi connectivity index (χ0n) is 16.4. The number of aromatic nitrogens is 3. The van der Waals surface area contributed by atoms with Gasteiger partial charge in [0.05, 0.1) is 5.92 Å². The van der Waals surface area contributed by atoms with E-state index in [4.69, 9.17) is 0 Å². The molecule has 2 N–H and O–H groups in total. The van der Waals surface area contributed by atoms with Crippen molar-refractivity contribution in [1.29, 1.82) is 0 Å². The van der Waals surface area contributed by atoms with Crippen LogP contribution in [0.25, 0.3) is 11.4 Å². The molecule has 0 aliphatic heterocycles. The minimum absolute atomic E-state index is 0.00652. The van der Waals surface area contributed by atoms with E-state index in [0.717, 1.165) is 22.5 Å². The molecule has 6 heteroatoms.